The minimum absolute atomic E-state index is 0.203. The van der Waals surface area contributed by atoms with Gasteiger partial charge in [-0.3, -0.25) is 4.79 Å². The number of rotatable bonds is 6. The lowest BCUT2D eigenvalue weighted by atomic mass is 9.74. The zero-order chi connectivity index (χ0) is 18.6. The van der Waals surface area contributed by atoms with Gasteiger partial charge in [0.15, 0.2) is 6.10 Å². The highest BCUT2D eigenvalue weighted by atomic mass is 16.5. The first-order valence-corrected chi connectivity index (χ1v) is 8.92. The molecule has 0 aliphatic carbocycles. The van der Waals surface area contributed by atoms with Crippen LogP contribution in [-0.2, 0) is 24.5 Å². The Kier molecular flexibility index (Phi) is 5.78. The van der Waals surface area contributed by atoms with Crippen LogP contribution in [-0.4, -0.2) is 56.1 Å². The molecule has 0 aromatic heterocycles. The quantitative estimate of drug-likeness (QED) is 0.795. The van der Waals surface area contributed by atoms with Gasteiger partial charge in [-0.25, -0.2) is 4.79 Å². The minimum atomic E-state index is -1.01. The molecule has 2 fully saturated rings. The van der Waals surface area contributed by atoms with Crippen LogP contribution in [0.5, 0.6) is 5.75 Å². The van der Waals surface area contributed by atoms with Crippen LogP contribution in [0.2, 0.25) is 0 Å². The zero-order valence-corrected chi connectivity index (χ0v) is 14.9. The van der Waals surface area contributed by atoms with Gasteiger partial charge < -0.3 is 24.6 Å². The Balaban J connectivity index is 1.67. The van der Waals surface area contributed by atoms with E-state index in [0.717, 1.165) is 24.2 Å². The van der Waals surface area contributed by atoms with E-state index >= 15 is 0 Å². The molecule has 1 aromatic rings. The first-order valence-electron chi connectivity index (χ1n) is 8.92. The molecule has 2 aliphatic heterocycles. The van der Waals surface area contributed by atoms with E-state index < -0.39 is 18.2 Å². The highest BCUT2D eigenvalue weighted by molar-refractivity contribution is 5.82. The van der Waals surface area contributed by atoms with Crippen LogP contribution in [0.15, 0.2) is 24.3 Å². The molecule has 2 saturated heterocycles. The molecule has 2 N–H and O–H groups in total. The topological polar surface area (TPSA) is 94.1 Å². The Morgan fingerprint density at radius 1 is 1.19 bits per heavy atom. The molecule has 0 bridgehead atoms. The third-order valence-corrected chi connectivity index (χ3v) is 5.34. The third-order valence-electron chi connectivity index (χ3n) is 5.34. The molecular weight excluding hydrogens is 338 g/mol. The second-order valence-corrected chi connectivity index (χ2v) is 6.87. The summed E-state index contributed by atoms with van der Waals surface area (Å²) < 4.78 is 16.1. The Labute approximate surface area is 152 Å². The molecule has 0 radical (unpaired) electrons. The molecular formula is C19H25NO6. The summed E-state index contributed by atoms with van der Waals surface area (Å²) in [7, 11) is 1.63. The molecule has 7 nitrogen and oxygen atoms in total. The lowest BCUT2D eigenvalue weighted by Gasteiger charge is -2.38. The van der Waals surface area contributed by atoms with Crippen LogP contribution in [0.25, 0.3) is 0 Å². The van der Waals surface area contributed by atoms with Gasteiger partial charge in [0.05, 0.1) is 7.11 Å². The molecule has 2 atom stereocenters. The van der Waals surface area contributed by atoms with E-state index in [0.29, 0.717) is 32.6 Å². The number of hydrogen-bond acceptors (Lipinski definition) is 5. The highest BCUT2D eigenvalue weighted by Crippen LogP contribution is 2.35. The maximum absolute atomic E-state index is 12.4. The van der Waals surface area contributed by atoms with Crippen molar-refractivity contribution in [3.05, 3.63) is 29.8 Å². The van der Waals surface area contributed by atoms with Crippen molar-refractivity contribution in [3.8, 4) is 5.75 Å². The Morgan fingerprint density at radius 3 is 2.42 bits per heavy atom. The molecule has 2 heterocycles. The molecule has 142 valence electrons. The summed E-state index contributed by atoms with van der Waals surface area (Å²) in [6.07, 6.45) is 0.839. The minimum Gasteiger partial charge on any atom is -0.497 e. The van der Waals surface area contributed by atoms with Gasteiger partial charge in [-0.15, -0.1) is 0 Å². The SMILES string of the molecule is COc1ccc(C2(CNC(=O)[C@@H]3CC[C@H](C(=O)O)O3)CCOCC2)cc1. The maximum atomic E-state index is 12.4. The van der Waals surface area contributed by atoms with Crippen molar-refractivity contribution in [2.75, 3.05) is 26.9 Å². The van der Waals surface area contributed by atoms with Crippen molar-refractivity contribution in [1.29, 1.82) is 0 Å². The number of hydrogen-bond donors (Lipinski definition) is 2. The average molecular weight is 363 g/mol. The van der Waals surface area contributed by atoms with Crippen molar-refractivity contribution in [2.45, 2.75) is 43.3 Å². The first-order chi connectivity index (χ1) is 12.5. The molecule has 0 spiro atoms. The molecule has 2 aliphatic rings. The van der Waals surface area contributed by atoms with Crippen LogP contribution in [0.3, 0.4) is 0 Å². The number of methoxy groups -OCH3 is 1. The number of aliphatic carboxylic acids is 1. The highest BCUT2D eigenvalue weighted by Gasteiger charge is 2.38. The average Bonchev–Trinajstić information content (AvgIpc) is 3.18. The van der Waals surface area contributed by atoms with E-state index in [9.17, 15) is 9.59 Å². The second-order valence-electron chi connectivity index (χ2n) is 6.87. The Hall–Kier alpha value is -2.12. The van der Waals surface area contributed by atoms with Crippen molar-refractivity contribution in [1.82, 2.24) is 5.32 Å². The molecule has 26 heavy (non-hydrogen) atoms. The maximum Gasteiger partial charge on any atom is 0.332 e. The fourth-order valence-corrected chi connectivity index (χ4v) is 3.66. The van der Waals surface area contributed by atoms with Gasteiger partial charge in [0.1, 0.15) is 11.9 Å². The monoisotopic (exact) mass is 363 g/mol. The van der Waals surface area contributed by atoms with Crippen molar-refractivity contribution >= 4 is 11.9 Å². The number of benzene rings is 1. The number of amides is 1. The summed E-state index contributed by atoms with van der Waals surface area (Å²) in [6.45, 7) is 1.75. The van der Waals surface area contributed by atoms with E-state index in [2.05, 4.69) is 5.32 Å². The fourth-order valence-electron chi connectivity index (χ4n) is 3.66. The van der Waals surface area contributed by atoms with Gasteiger partial charge >= 0.3 is 5.97 Å². The normalized spacial score (nSPS) is 24.8. The lowest BCUT2D eigenvalue weighted by molar-refractivity contribution is -0.151. The van der Waals surface area contributed by atoms with E-state index in [4.69, 9.17) is 19.3 Å². The summed E-state index contributed by atoms with van der Waals surface area (Å²) in [4.78, 5) is 23.4. The van der Waals surface area contributed by atoms with Crippen LogP contribution >= 0.6 is 0 Å². The van der Waals surface area contributed by atoms with Crippen molar-refractivity contribution in [3.63, 3.8) is 0 Å². The molecule has 0 unspecified atom stereocenters. The Bertz CT molecular complexity index is 638. The number of carboxylic acids is 1. The summed E-state index contributed by atoms with van der Waals surface area (Å²) in [5, 5.41) is 12.0. The third kappa shape index (κ3) is 3.99. The van der Waals surface area contributed by atoms with E-state index in [-0.39, 0.29) is 11.3 Å². The fraction of sp³-hybridized carbons (Fsp3) is 0.579. The molecule has 3 rings (SSSR count). The second kappa shape index (κ2) is 8.05. The standard InChI is InChI=1S/C19H25NO6/c1-24-14-4-2-13(3-5-14)19(8-10-25-11-9-19)12-20-17(21)15-6-7-16(26-15)18(22)23/h2-5,15-16H,6-12H2,1H3,(H,20,21)(H,22,23)/t15-,16+/m0/s1. The largest absolute Gasteiger partial charge is 0.497 e. The number of carboxylic acid groups (broad SMARTS) is 1. The van der Waals surface area contributed by atoms with E-state index in [1.807, 2.05) is 24.3 Å². The first kappa shape index (κ1) is 18.7. The Morgan fingerprint density at radius 2 is 1.85 bits per heavy atom. The molecule has 7 heteroatoms. The van der Waals surface area contributed by atoms with Gasteiger partial charge in [-0.1, -0.05) is 12.1 Å². The summed E-state index contributed by atoms with van der Waals surface area (Å²) >= 11 is 0. The summed E-state index contributed by atoms with van der Waals surface area (Å²) in [5.41, 5.74) is 0.933. The van der Waals surface area contributed by atoms with Crippen LogP contribution in [0.1, 0.15) is 31.2 Å². The van der Waals surface area contributed by atoms with Crippen molar-refractivity contribution < 1.29 is 28.9 Å². The van der Waals surface area contributed by atoms with Gasteiger partial charge in [0.2, 0.25) is 5.91 Å². The van der Waals surface area contributed by atoms with Gasteiger partial charge in [-0.05, 0) is 43.4 Å². The lowest BCUT2D eigenvalue weighted by Crippen LogP contribution is -2.47. The van der Waals surface area contributed by atoms with Crippen LogP contribution in [0, 0.1) is 0 Å². The smallest absolute Gasteiger partial charge is 0.332 e. The zero-order valence-electron chi connectivity index (χ0n) is 14.9. The van der Waals surface area contributed by atoms with Crippen molar-refractivity contribution in [2.24, 2.45) is 0 Å². The van der Waals surface area contributed by atoms with Crippen LogP contribution in [0.4, 0.5) is 0 Å². The van der Waals surface area contributed by atoms with Gasteiger partial charge in [0.25, 0.3) is 0 Å². The molecule has 1 aromatic carbocycles. The molecule has 0 saturated carbocycles. The summed E-state index contributed by atoms with van der Waals surface area (Å²) in [5.74, 6) is -0.466. The number of carbonyl (C=O) groups is 2. The number of ether oxygens (including phenoxy) is 3. The number of carbonyl (C=O) groups excluding carboxylic acids is 1. The van der Waals surface area contributed by atoms with Gasteiger partial charge in [0, 0.05) is 25.2 Å². The van der Waals surface area contributed by atoms with E-state index in [1.54, 1.807) is 7.11 Å². The van der Waals surface area contributed by atoms with Crippen LogP contribution < -0.4 is 10.1 Å². The predicted molar refractivity (Wildman–Crippen MR) is 93.3 cm³/mol. The number of nitrogens with one attached hydrogen (secondary N) is 1. The summed E-state index contributed by atoms with van der Waals surface area (Å²) in [6, 6.07) is 7.91. The van der Waals surface area contributed by atoms with E-state index in [1.165, 1.54) is 0 Å². The van der Waals surface area contributed by atoms with Gasteiger partial charge in [-0.2, -0.15) is 0 Å². The molecule has 1 amide bonds. The predicted octanol–water partition coefficient (Wildman–Crippen LogP) is 1.49.